The van der Waals surface area contributed by atoms with Crippen molar-refractivity contribution in [3.63, 3.8) is 0 Å². The Morgan fingerprint density at radius 2 is 1.82 bits per heavy atom. The van der Waals surface area contributed by atoms with E-state index < -0.39 is 11.7 Å². The van der Waals surface area contributed by atoms with Crippen LogP contribution in [0.5, 0.6) is 0 Å². The lowest BCUT2D eigenvalue weighted by atomic mass is 9.83. The third kappa shape index (κ3) is 6.20. The zero-order valence-corrected chi connectivity index (χ0v) is 29.8. The maximum atomic E-state index is 13.7. The molecule has 1 spiro atoms. The third-order valence-electron chi connectivity index (χ3n) is 9.92. The van der Waals surface area contributed by atoms with Crippen molar-refractivity contribution < 1.29 is 19.1 Å². The Bertz CT molecular complexity index is 2090. The van der Waals surface area contributed by atoms with E-state index >= 15 is 0 Å². The van der Waals surface area contributed by atoms with Gasteiger partial charge in [0.1, 0.15) is 5.69 Å². The number of carbonyl (C=O) groups excluding carboxylic acids is 3. The van der Waals surface area contributed by atoms with Gasteiger partial charge in [-0.2, -0.15) is 0 Å². The quantitative estimate of drug-likeness (QED) is 0.162. The van der Waals surface area contributed by atoms with Crippen molar-refractivity contribution in [2.45, 2.75) is 56.8 Å². The molecule has 3 aromatic carbocycles. The highest BCUT2D eigenvalue weighted by Crippen LogP contribution is 2.49. The number of H-pyrrole nitrogens is 1. The van der Waals surface area contributed by atoms with Gasteiger partial charge in [-0.3, -0.25) is 14.4 Å². The van der Waals surface area contributed by atoms with Gasteiger partial charge >= 0.3 is 0 Å². The Morgan fingerprint density at radius 3 is 2.65 bits per heavy atom. The highest BCUT2D eigenvalue weighted by molar-refractivity contribution is 9.10. The van der Waals surface area contributed by atoms with Crippen molar-refractivity contribution in [3.05, 3.63) is 120 Å². The maximum Gasteiger partial charge on any atom is 0.270 e. The number of likely N-dealkylation sites (tertiary alicyclic amines) is 1. The summed E-state index contributed by atoms with van der Waals surface area (Å²) in [5.74, 6) is -0.414. The van der Waals surface area contributed by atoms with Crippen molar-refractivity contribution in [1.29, 1.82) is 0 Å². The number of anilines is 1. The molecule has 1 atom stereocenters. The molecule has 2 aliphatic heterocycles. The Morgan fingerprint density at radius 1 is 1.00 bits per heavy atom. The van der Waals surface area contributed by atoms with Crippen LogP contribution in [0.4, 0.5) is 5.69 Å². The summed E-state index contributed by atoms with van der Waals surface area (Å²) in [6.45, 7) is 1.26. The van der Waals surface area contributed by atoms with Gasteiger partial charge in [-0.05, 0) is 97.2 Å². The molecule has 1 saturated heterocycles. The van der Waals surface area contributed by atoms with Crippen molar-refractivity contribution >= 4 is 73.2 Å². The smallest absolute Gasteiger partial charge is 0.270 e. The first-order valence-corrected chi connectivity index (χ1v) is 18.6. The summed E-state index contributed by atoms with van der Waals surface area (Å²) in [6, 6.07) is 23.0. The minimum absolute atomic E-state index is 0.0910. The van der Waals surface area contributed by atoms with Gasteiger partial charge in [-0.1, -0.05) is 63.9 Å². The van der Waals surface area contributed by atoms with Crippen LogP contribution < -0.4 is 10.6 Å². The summed E-state index contributed by atoms with van der Waals surface area (Å²) in [5.41, 5.74) is 5.29. The van der Waals surface area contributed by atoms with Crippen LogP contribution in [0.25, 0.3) is 10.9 Å². The number of hydrogen-bond acceptors (Lipinski definition) is 5. The van der Waals surface area contributed by atoms with E-state index in [1.807, 2.05) is 71.6 Å². The number of carbonyl (C=O) groups is 3. The lowest BCUT2D eigenvalue weighted by Gasteiger charge is -2.39. The number of halogens is 2. The van der Waals surface area contributed by atoms with E-state index in [4.69, 9.17) is 16.3 Å². The number of thiophene rings is 1. The first kappa shape index (κ1) is 32.3. The molecular weight excluding hydrogens is 724 g/mol. The number of aromatic amines is 1. The molecule has 8 rings (SSSR count). The normalized spacial score (nSPS) is 17.9. The number of rotatable bonds is 6. The number of nitrogens with one attached hydrogen (secondary N) is 3. The molecule has 0 bridgehead atoms. The zero-order chi connectivity index (χ0) is 33.7. The van der Waals surface area contributed by atoms with Gasteiger partial charge in [-0.25, -0.2) is 0 Å². The van der Waals surface area contributed by atoms with Crippen LogP contribution in [0.15, 0.2) is 77.3 Å². The summed E-state index contributed by atoms with van der Waals surface area (Å²) in [5, 5.41) is 7.51. The van der Waals surface area contributed by atoms with E-state index in [2.05, 4.69) is 31.5 Å². The molecule has 250 valence electrons. The van der Waals surface area contributed by atoms with Crippen LogP contribution >= 0.6 is 38.9 Å². The summed E-state index contributed by atoms with van der Waals surface area (Å²) in [7, 11) is 0. The highest BCUT2D eigenvalue weighted by Gasteiger charge is 2.49. The fraction of sp³-hybridized carbons (Fsp3) is 0.289. The predicted molar refractivity (Wildman–Crippen MR) is 195 cm³/mol. The van der Waals surface area contributed by atoms with Crippen LogP contribution in [0.1, 0.15) is 79.1 Å². The van der Waals surface area contributed by atoms with E-state index in [0.29, 0.717) is 42.3 Å². The van der Waals surface area contributed by atoms with E-state index in [1.54, 1.807) is 17.4 Å². The number of aromatic nitrogens is 1. The third-order valence-corrected chi connectivity index (χ3v) is 11.9. The van der Waals surface area contributed by atoms with Gasteiger partial charge in [-0.15, -0.1) is 11.3 Å². The molecule has 4 heterocycles. The van der Waals surface area contributed by atoms with E-state index in [1.165, 1.54) is 23.3 Å². The first-order chi connectivity index (χ1) is 23.8. The van der Waals surface area contributed by atoms with Gasteiger partial charge in [0.15, 0.2) is 6.10 Å². The molecule has 1 fully saturated rings. The number of piperidine rings is 1. The van der Waals surface area contributed by atoms with Crippen LogP contribution in [-0.4, -0.2) is 40.7 Å². The topological polar surface area (TPSA) is 104 Å². The predicted octanol–water partition coefficient (Wildman–Crippen LogP) is 8.30. The Kier molecular flexibility index (Phi) is 8.60. The molecule has 1 unspecified atom stereocenters. The van der Waals surface area contributed by atoms with Gasteiger partial charge in [0.2, 0.25) is 0 Å². The second-order valence-corrected chi connectivity index (χ2v) is 15.5. The molecule has 3 amide bonds. The largest absolute Gasteiger partial charge is 0.352 e. The van der Waals surface area contributed by atoms with E-state index in [0.717, 1.165) is 49.8 Å². The van der Waals surface area contributed by atoms with E-state index in [-0.39, 0.29) is 24.3 Å². The van der Waals surface area contributed by atoms with Crippen LogP contribution in [0.2, 0.25) is 5.02 Å². The van der Waals surface area contributed by atoms with Crippen molar-refractivity contribution in [1.82, 2.24) is 15.2 Å². The van der Waals surface area contributed by atoms with Crippen molar-refractivity contribution in [3.8, 4) is 0 Å². The number of amides is 3. The van der Waals surface area contributed by atoms with Gasteiger partial charge < -0.3 is 25.3 Å². The van der Waals surface area contributed by atoms with Crippen LogP contribution in [-0.2, 0) is 34.5 Å². The number of fused-ring (bicyclic) bond motifs is 4. The maximum absolute atomic E-state index is 13.7. The second-order valence-electron chi connectivity index (χ2n) is 13.0. The number of ether oxygens (including phenoxy) is 1. The van der Waals surface area contributed by atoms with Crippen LogP contribution in [0.3, 0.4) is 0 Å². The first-order valence-electron chi connectivity index (χ1n) is 16.6. The number of benzene rings is 3. The van der Waals surface area contributed by atoms with E-state index in [9.17, 15) is 14.4 Å². The van der Waals surface area contributed by atoms with Crippen LogP contribution in [0, 0.1) is 0 Å². The number of aryl methyl sites for hydroxylation is 2. The standard InChI is InChI=1S/C38H34BrClN4O4S/c39-25-17-24-18-30(43-33(24)29(40)20-25)37(47)44-14-12-38(13-15-44)28-10-3-2-9-27(28)34(48-38)36(46)41-21-22-6-5-8-26(16-22)42-35(45)32-19-23-7-1-4-11-31(23)49-32/h2-3,5-6,8-10,16-20,34,43H,1,4,7,11-15,21H2,(H,41,46)(H,42,45). The Labute approximate surface area is 301 Å². The molecular formula is C38H34BrClN4O4S. The lowest BCUT2D eigenvalue weighted by molar-refractivity contribution is -0.150. The summed E-state index contributed by atoms with van der Waals surface area (Å²) in [4.78, 5) is 47.3. The monoisotopic (exact) mass is 756 g/mol. The van der Waals surface area contributed by atoms with Gasteiger partial charge in [0.05, 0.1) is 21.0 Å². The van der Waals surface area contributed by atoms with Crippen molar-refractivity contribution in [2.24, 2.45) is 0 Å². The highest BCUT2D eigenvalue weighted by atomic mass is 79.9. The average molecular weight is 758 g/mol. The molecule has 8 nitrogen and oxygen atoms in total. The Balaban J connectivity index is 0.913. The second kappa shape index (κ2) is 13.1. The molecule has 5 aromatic rings. The zero-order valence-electron chi connectivity index (χ0n) is 26.6. The number of nitrogens with zero attached hydrogens (tertiary/aromatic N) is 1. The van der Waals surface area contributed by atoms with Crippen molar-refractivity contribution in [2.75, 3.05) is 18.4 Å². The number of hydrogen-bond donors (Lipinski definition) is 3. The molecule has 49 heavy (non-hydrogen) atoms. The fourth-order valence-corrected chi connectivity index (χ4v) is 9.46. The SMILES string of the molecule is O=C(Nc1cccc(CNC(=O)C2OC3(CCN(C(=O)c4cc5cc(Br)cc(Cl)c5[nH]4)CC3)c3ccccc32)c1)c1cc2c(s1)CCCC2. The summed E-state index contributed by atoms with van der Waals surface area (Å²) >= 11 is 11.5. The molecule has 1 aliphatic carbocycles. The van der Waals surface area contributed by atoms with Gasteiger partial charge in [0.25, 0.3) is 17.7 Å². The summed E-state index contributed by atoms with van der Waals surface area (Å²) < 4.78 is 7.49. The molecule has 11 heteroatoms. The minimum Gasteiger partial charge on any atom is -0.352 e. The molecule has 0 saturated carbocycles. The Hall–Kier alpha value is -3.96. The van der Waals surface area contributed by atoms with Gasteiger partial charge in [0, 0.05) is 40.1 Å². The molecule has 0 radical (unpaired) electrons. The molecule has 2 aromatic heterocycles. The molecule has 3 aliphatic rings. The summed E-state index contributed by atoms with van der Waals surface area (Å²) in [6.07, 6.45) is 4.84. The molecule has 3 N–H and O–H groups in total. The fourth-order valence-electron chi connectivity index (χ4n) is 7.43. The lowest BCUT2D eigenvalue weighted by Crippen LogP contribution is -2.45. The average Bonchev–Trinajstić information content (AvgIpc) is 3.82. The minimum atomic E-state index is -0.763.